The highest BCUT2D eigenvalue weighted by molar-refractivity contribution is 7.91. The molecule has 3 rings (SSSR count). The maximum absolute atomic E-state index is 12.9. The second kappa shape index (κ2) is 6.98. The predicted molar refractivity (Wildman–Crippen MR) is 93.5 cm³/mol. The Kier molecular flexibility index (Phi) is 4.76. The standard InChI is InChI=1S/C18H18N2O4S/c1-13-20-18(17(24-13)19-12-14-6-4-3-5-7-14)25(21,22)16-10-8-15(23-2)9-11-16/h3-11,19H,12H2,1-2H3. The number of rotatable bonds is 6. The van der Waals surface area contributed by atoms with Crippen LogP contribution in [0.15, 0.2) is 68.9 Å². The number of anilines is 1. The van der Waals surface area contributed by atoms with Crippen molar-refractivity contribution in [2.45, 2.75) is 23.4 Å². The average Bonchev–Trinajstić information content (AvgIpc) is 3.02. The maximum atomic E-state index is 12.9. The Morgan fingerprint density at radius 2 is 1.76 bits per heavy atom. The van der Waals surface area contributed by atoms with E-state index < -0.39 is 9.84 Å². The van der Waals surface area contributed by atoms with Crippen molar-refractivity contribution in [2.24, 2.45) is 0 Å². The van der Waals surface area contributed by atoms with E-state index in [9.17, 15) is 8.42 Å². The fourth-order valence-corrected chi connectivity index (χ4v) is 3.67. The SMILES string of the molecule is COc1ccc(S(=O)(=O)c2nc(C)oc2NCc2ccccc2)cc1. The Morgan fingerprint density at radius 3 is 2.40 bits per heavy atom. The van der Waals surface area contributed by atoms with Gasteiger partial charge in [-0.15, -0.1) is 0 Å². The molecule has 1 aromatic heterocycles. The van der Waals surface area contributed by atoms with Crippen LogP contribution in [0.25, 0.3) is 0 Å². The highest BCUT2D eigenvalue weighted by atomic mass is 32.2. The van der Waals surface area contributed by atoms with E-state index in [1.165, 1.54) is 19.2 Å². The number of aromatic nitrogens is 1. The number of nitrogens with one attached hydrogen (secondary N) is 1. The molecule has 0 radical (unpaired) electrons. The number of ether oxygens (including phenoxy) is 1. The Balaban J connectivity index is 1.90. The molecule has 7 heteroatoms. The summed E-state index contributed by atoms with van der Waals surface area (Å²) in [6, 6.07) is 15.8. The summed E-state index contributed by atoms with van der Waals surface area (Å²) in [7, 11) is -2.28. The first-order valence-corrected chi connectivity index (χ1v) is 9.13. The van der Waals surface area contributed by atoms with Crippen LogP contribution in [0.2, 0.25) is 0 Å². The molecule has 0 saturated heterocycles. The smallest absolute Gasteiger partial charge is 0.233 e. The maximum Gasteiger partial charge on any atom is 0.233 e. The van der Waals surface area contributed by atoms with Crippen molar-refractivity contribution in [2.75, 3.05) is 12.4 Å². The fraction of sp³-hybridized carbons (Fsp3) is 0.167. The lowest BCUT2D eigenvalue weighted by Crippen LogP contribution is -2.07. The van der Waals surface area contributed by atoms with Crippen molar-refractivity contribution in [3.05, 3.63) is 66.1 Å². The Hall–Kier alpha value is -2.80. The van der Waals surface area contributed by atoms with E-state index in [0.29, 0.717) is 12.3 Å². The number of aryl methyl sites for hydroxylation is 1. The minimum atomic E-state index is -3.80. The number of oxazole rings is 1. The molecule has 3 aromatic rings. The van der Waals surface area contributed by atoms with Gasteiger partial charge in [-0.3, -0.25) is 0 Å². The van der Waals surface area contributed by atoms with Gasteiger partial charge in [0.25, 0.3) is 0 Å². The van der Waals surface area contributed by atoms with Crippen molar-refractivity contribution in [3.8, 4) is 5.75 Å². The zero-order valence-corrected chi connectivity index (χ0v) is 14.7. The molecule has 0 atom stereocenters. The van der Waals surface area contributed by atoms with Crippen LogP contribution in [-0.2, 0) is 16.4 Å². The second-order valence-corrected chi connectivity index (χ2v) is 7.25. The summed E-state index contributed by atoms with van der Waals surface area (Å²) in [5.41, 5.74) is 1.00. The quantitative estimate of drug-likeness (QED) is 0.727. The third-order valence-corrected chi connectivity index (χ3v) is 5.30. The van der Waals surface area contributed by atoms with Gasteiger partial charge in [0.15, 0.2) is 5.89 Å². The number of sulfone groups is 1. The number of hydrogen-bond donors (Lipinski definition) is 1. The molecule has 0 saturated carbocycles. The second-order valence-electron chi connectivity index (χ2n) is 5.39. The van der Waals surface area contributed by atoms with E-state index >= 15 is 0 Å². The van der Waals surface area contributed by atoms with Crippen molar-refractivity contribution >= 4 is 15.7 Å². The molecule has 1 N–H and O–H groups in total. The molecule has 25 heavy (non-hydrogen) atoms. The lowest BCUT2D eigenvalue weighted by molar-refractivity contribution is 0.414. The summed E-state index contributed by atoms with van der Waals surface area (Å²) in [6.45, 7) is 2.04. The average molecular weight is 358 g/mol. The van der Waals surface area contributed by atoms with Crippen LogP contribution in [-0.4, -0.2) is 20.5 Å². The van der Waals surface area contributed by atoms with Crippen LogP contribution < -0.4 is 10.1 Å². The van der Waals surface area contributed by atoms with Gasteiger partial charge < -0.3 is 14.5 Å². The van der Waals surface area contributed by atoms with Crippen molar-refractivity contribution in [1.29, 1.82) is 0 Å². The van der Waals surface area contributed by atoms with E-state index in [1.54, 1.807) is 19.1 Å². The first-order chi connectivity index (χ1) is 12.0. The zero-order chi connectivity index (χ0) is 17.9. The third kappa shape index (κ3) is 3.66. The third-order valence-electron chi connectivity index (χ3n) is 3.62. The molecular weight excluding hydrogens is 340 g/mol. The summed E-state index contributed by atoms with van der Waals surface area (Å²) in [6.07, 6.45) is 0. The highest BCUT2D eigenvalue weighted by Gasteiger charge is 2.27. The fourth-order valence-electron chi connectivity index (χ4n) is 2.35. The summed E-state index contributed by atoms with van der Waals surface area (Å²) >= 11 is 0. The Bertz CT molecular complexity index is 949. The van der Waals surface area contributed by atoms with Crippen LogP contribution in [0.3, 0.4) is 0 Å². The number of nitrogens with zero attached hydrogens (tertiary/aromatic N) is 1. The first kappa shape index (κ1) is 17.0. The minimum absolute atomic E-state index is 0.119. The monoisotopic (exact) mass is 358 g/mol. The summed E-state index contributed by atoms with van der Waals surface area (Å²) in [5, 5.41) is 2.90. The lowest BCUT2D eigenvalue weighted by atomic mass is 10.2. The molecule has 0 aliphatic rings. The number of benzene rings is 2. The molecule has 0 spiro atoms. The summed E-state index contributed by atoms with van der Waals surface area (Å²) in [5.74, 6) is 0.998. The predicted octanol–water partition coefficient (Wildman–Crippen LogP) is 3.44. The largest absolute Gasteiger partial charge is 0.497 e. The van der Waals surface area contributed by atoms with E-state index in [1.807, 2.05) is 30.3 Å². The van der Waals surface area contributed by atoms with Crippen LogP contribution >= 0.6 is 0 Å². The molecule has 0 aliphatic carbocycles. The van der Waals surface area contributed by atoms with Gasteiger partial charge in [-0.25, -0.2) is 8.42 Å². The molecule has 2 aromatic carbocycles. The van der Waals surface area contributed by atoms with E-state index in [4.69, 9.17) is 9.15 Å². The van der Waals surface area contributed by atoms with Gasteiger partial charge in [0, 0.05) is 13.5 Å². The zero-order valence-electron chi connectivity index (χ0n) is 13.9. The molecule has 0 aliphatic heterocycles. The molecule has 130 valence electrons. The van der Waals surface area contributed by atoms with Crippen LogP contribution in [0.5, 0.6) is 5.75 Å². The van der Waals surface area contributed by atoms with Crippen LogP contribution in [0.1, 0.15) is 11.5 Å². The van der Waals surface area contributed by atoms with E-state index in [2.05, 4.69) is 10.3 Å². The van der Waals surface area contributed by atoms with Crippen LogP contribution in [0, 0.1) is 6.92 Å². The number of methoxy groups -OCH3 is 1. The first-order valence-electron chi connectivity index (χ1n) is 7.65. The molecule has 0 amide bonds. The van der Waals surface area contributed by atoms with Gasteiger partial charge in [0.2, 0.25) is 20.7 Å². The summed E-state index contributed by atoms with van der Waals surface area (Å²) in [4.78, 5) is 4.19. The van der Waals surface area contributed by atoms with Gasteiger partial charge in [-0.05, 0) is 29.8 Å². The molecule has 0 bridgehead atoms. The minimum Gasteiger partial charge on any atom is -0.497 e. The topological polar surface area (TPSA) is 81.4 Å². The normalized spacial score (nSPS) is 11.3. The van der Waals surface area contributed by atoms with E-state index in [-0.39, 0.29) is 21.7 Å². The summed E-state index contributed by atoms with van der Waals surface area (Å²) < 4.78 is 36.3. The molecular formula is C18H18N2O4S. The van der Waals surface area contributed by atoms with Crippen molar-refractivity contribution in [3.63, 3.8) is 0 Å². The molecule has 0 unspecified atom stereocenters. The van der Waals surface area contributed by atoms with Gasteiger partial charge in [-0.1, -0.05) is 30.3 Å². The Labute approximate surface area is 146 Å². The lowest BCUT2D eigenvalue weighted by Gasteiger charge is -2.07. The number of hydrogen-bond acceptors (Lipinski definition) is 6. The van der Waals surface area contributed by atoms with Gasteiger partial charge in [0.05, 0.1) is 12.0 Å². The molecule has 1 heterocycles. The molecule has 0 fully saturated rings. The Morgan fingerprint density at radius 1 is 1.08 bits per heavy atom. The van der Waals surface area contributed by atoms with Crippen molar-refractivity contribution < 1.29 is 17.6 Å². The van der Waals surface area contributed by atoms with Gasteiger partial charge in [-0.2, -0.15) is 4.98 Å². The van der Waals surface area contributed by atoms with E-state index in [0.717, 1.165) is 5.56 Å². The molecule has 6 nitrogen and oxygen atoms in total. The van der Waals surface area contributed by atoms with Crippen molar-refractivity contribution in [1.82, 2.24) is 4.98 Å². The highest BCUT2D eigenvalue weighted by Crippen LogP contribution is 2.29. The van der Waals surface area contributed by atoms with Crippen LogP contribution in [0.4, 0.5) is 5.88 Å². The van der Waals surface area contributed by atoms with Gasteiger partial charge in [0.1, 0.15) is 5.75 Å². The van der Waals surface area contributed by atoms with Gasteiger partial charge >= 0.3 is 0 Å².